The Morgan fingerprint density at radius 3 is 2.29 bits per heavy atom. The number of carbonyl (C=O) groups excluding carboxylic acids is 2. The Bertz CT molecular complexity index is 545. The lowest BCUT2D eigenvalue weighted by atomic mass is 9.95. The molecule has 5 heteroatoms. The first-order chi connectivity index (χ1) is 9.65. The fraction of sp³-hybridized carbons (Fsp3) is 0.500. The number of hydrogen-bond donors (Lipinski definition) is 2. The molecule has 0 spiro atoms. The van der Waals surface area contributed by atoms with E-state index in [0.717, 1.165) is 11.1 Å². The summed E-state index contributed by atoms with van der Waals surface area (Å²) >= 11 is 0. The van der Waals surface area contributed by atoms with Gasteiger partial charge in [0.25, 0.3) is 0 Å². The lowest BCUT2D eigenvalue weighted by Crippen LogP contribution is -2.28. The zero-order chi connectivity index (χ0) is 16.2. The van der Waals surface area contributed by atoms with Crippen LogP contribution in [0.3, 0.4) is 0 Å². The first-order valence-corrected chi connectivity index (χ1v) is 7.01. The van der Waals surface area contributed by atoms with Gasteiger partial charge in [-0.2, -0.15) is 0 Å². The number of nitrogens with one attached hydrogen (secondary N) is 2. The number of rotatable bonds is 3. The van der Waals surface area contributed by atoms with Gasteiger partial charge in [0.1, 0.15) is 0 Å². The van der Waals surface area contributed by atoms with Crippen LogP contribution < -0.4 is 10.6 Å². The Labute approximate surface area is 126 Å². The third kappa shape index (κ3) is 4.77. The molecule has 0 aliphatic rings. The van der Waals surface area contributed by atoms with Crippen molar-refractivity contribution in [1.82, 2.24) is 0 Å². The van der Waals surface area contributed by atoms with Gasteiger partial charge in [0.2, 0.25) is 5.91 Å². The van der Waals surface area contributed by atoms with Crippen molar-refractivity contribution in [2.75, 3.05) is 17.2 Å². The molecule has 0 aliphatic carbocycles. The summed E-state index contributed by atoms with van der Waals surface area (Å²) in [4.78, 5) is 23.8. The van der Waals surface area contributed by atoms with Crippen molar-refractivity contribution in [2.45, 2.75) is 41.5 Å². The van der Waals surface area contributed by atoms with E-state index in [1.807, 2.05) is 46.8 Å². The maximum Gasteiger partial charge on any atom is 0.411 e. The Balaban J connectivity index is 3.12. The summed E-state index contributed by atoms with van der Waals surface area (Å²) in [6.45, 7) is 11.4. The lowest BCUT2D eigenvalue weighted by Gasteiger charge is -2.21. The SMILES string of the molecule is CCOC(=O)Nc1cc(C)cc(C)c1NC(=O)C(C)(C)C. The Kier molecular flexibility index (Phi) is 5.35. The van der Waals surface area contributed by atoms with E-state index in [-0.39, 0.29) is 5.91 Å². The van der Waals surface area contributed by atoms with Gasteiger partial charge < -0.3 is 10.1 Å². The fourth-order valence-electron chi connectivity index (χ4n) is 1.81. The van der Waals surface area contributed by atoms with E-state index < -0.39 is 11.5 Å². The summed E-state index contributed by atoms with van der Waals surface area (Å²) in [5.74, 6) is -0.110. The molecule has 0 bridgehead atoms. The fourth-order valence-corrected chi connectivity index (χ4v) is 1.81. The van der Waals surface area contributed by atoms with Crippen molar-refractivity contribution in [3.8, 4) is 0 Å². The zero-order valence-electron chi connectivity index (χ0n) is 13.6. The van der Waals surface area contributed by atoms with Crippen LogP contribution in [0.4, 0.5) is 16.2 Å². The molecule has 0 unspecified atom stereocenters. The summed E-state index contributed by atoms with van der Waals surface area (Å²) in [5.41, 5.74) is 2.52. The minimum Gasteiger partial charge on any atom is -0.450 e. The molecule has 1 rings (SSSR count). The van der Waals surface area contributed by atoms with Crippen LogP contribution in [-0.2, 0) is 9.53 Å². The van der Waals surface area contributed by atoms with Crippen LogP contribution in [0.25, 0.3) is 0 Å². The van der Waals surface area contributed by atoms with Gasteiger partial charge in [-0.1, -0.05) is 26.8 Å². The van der Waals surface area contributed by atoms with Gasteiger partial charge in [0.15, 0.2) is 0 Å². The van der Waals surface area contributed by atoms with Crippen molar-refractivity contribution in [3.05, 3.63) is 23.3 Å². The second kappa shape index (κ2) is 6.61. The molecule has 5 nitrogen and oxygen atoms in total. The number of aryl methyl sites for hydroxylation is 2. The predicted molar refractivity (Wildman–Crippen MR) is 84.6 cm³/mol. The van der Waals surface area contributed by atoms with E-state index in [1.54, 1.807) is 6.92 Å². The van der Waals surface area contributed by atoms with Crippen LogP contribution in [0, 0.1) is 19.3 Å². The summed E-state index contributed by atoms with van der Waals surface area (Å²) in [6, 6.07) is 3.76. The van der Waals surface area contributed by atoms with Gasteiger partial charge in [0, 0.05) is 5.41 Å². The smallest absolute Gasteiger partial charge is 0.411 e. The van der Waals surface area contributed by atoms with Crippen molar-refractivity contribution < 1.29 is 14.3 Å². The molecule has 2 N–H and O–H groups in total. The molecule has 0 saturated heterocycles. The highest BCUT2D eigenvalue weighted by Crippen LogP contribution is 2.29. The topological polar surface area (TPSA) is 67.4 Å². The van der Waals surface area contributed by atoms with Gasteiger partial charge in [-0.15, -0.1) is 0 Å². The van der Waals surface area contributed by atoms with E-state index in [4.69, 9.17) is 4.74 Å². The normalized spacial score (nSPS) is 11.0. The van der Waals surface area contributed by atoms with Crippen LogP contribution in [0.15, 0.2) is 12.1 Å². The van der Waals surface area contributed by atoms with Crippen LogP contribution in [-0.4, -0.2) is 18.6 Å². The molecule has 116 valence electrons. The van der Waals surface area contributed by atoms with E-state index in [0.29, 0.717) is 18.0 Å². The highest BCUT2D eigenvalue weighted by Gasteiger charge is 2.23. The molecule has 1 aromatic rings. The Hall–Kier alpha value is -2.04. The average Bonchev–Trinajstić information content (AvgIpc) is 2.32. The van der Waals surface area contributed by atoms with E-state index in [9.17, 15) is 9.59 Å². The Morgan fingerprint density at radius 2 is 1.76 bits per heavy atom. The van der Waals surface area contributed by atoms with E-state index in [2.05, 4.69) is 10.6 Å². The van der Waals surface area contributed by atoms with Crippen LogP contribution in [0.1, 0.15) is 38.8 Å². The lowest BCUT2D eigenvalue weighted by molar-refractivity contribution is -0.123. The van der Waals surface area contributed by atoms with Gasteiger partial charge in [-0.25, -0.2) is 4.79 Å². The van der Waals surface area contributed by atoms with Crippen LogP contribution in [0.5, 0.6) is 0 Å². The Morgan fingerprint density at radius 1 is 1.14 bits per heavy atom. The number of ether oxygens (including phenoxy) is 1. The first kappa shape index (κ1) is 17.0. The molecule has 1 aromatic carbocycles. The highest BCUT2D eigenvalue weighted by atomic mass is 16.5. The molecule has 0 saturated carbocycles. The molecule has 0 radical (unpaired) electrons. The third-order valence-electron chi connectivity index (χ3n) is 2.91. The number of anilines is 2. The molecular weight excluding hydrogens is 268 g/mol. The monoisotopic (exact) mass is 292 g/mol. The second-order valence-electron chi connectivity index (χ2n) is 6.05. The van der Waals surface area contributed by atoms with Gasteiger partial charge >= 0.3 is 6.09 Å². The minimum absolute atomic E-state index is 0.110. The number of amides is 2. The van der Waals surface area contributed by atoms with Gasteiger partial charge in [-0.05, 0) is 38.0 Å². The summed E-state index contributed by atoms with van der Waals surface area (Å²) < 4.78 is 4.89. The number of benzene rings is 1. The van der Waals surface area contributed by atoms with Crippen molar-refractivity contribution in [1.29, 1.82) is 0 Å². The second-order valence-corrected chi connectivity index (χ2v) is 6.05. The summed E-state index contributed by atoms with van der Waals surface area (Å²) in [5, 5.41) is 5.56. The molecule has 0 aromatic heterocycles. The molecule has 2 amide bonds. The maximum atomic E-state index is 12.2. The molecule has 0 atom stereocenters. The molecular formula is C16H24N2O3. The highest BCUT2D eigenvalue weighted by molar-refractivity contribution is 6.01. The van der Waals surface area contributed by atoms with Crippen molar-refractivity contribution in [3.63, 3.8) is 0 Å². The van der Waals surface area contributed by atoms with Crippen LogP contribution >= 0.6 is 0 Å². The molecule has 0 heterocycles. The van der Waals surface area contributed by atoms with E-state index >= 15 is 0 Å². The average molecular weight is 292 g/mol. The molecule has 0 aliphatic heterocycles. The van der Waals surface area contributed by atoms with Gasteiger partial charge in [-0.3, -0.25) is 10.1 Å². The van der Waals surface area contributed by atoms with Crippen molar-refractivity contribution in [2.24, 2.45) is 5.41 Å². The van der Waals surface area contributed by atoms with E-state index in [1.165, 1.54) is 0 Å². The summed E-state index contributed by atoms with van der Waals surface area (Å²) in [7, 11) is 0. The molecule has 21 heavy (non-hydrogen) atoms. The maximum absolute atomic E-state index is 12.2. The molecule has 0 fully saturated rings. The first-order valence-electron chi connectivity index (χ1n) is 7.01. The van der Waals surface area contributed by atoms with Crippen LogP contribution in [0.2, 0.25) is 0 Å². The quantitative estimate of drug-likeness (QED) is 0.889. The van der Waals surface area contributed by atoms with Gasteiger partial charge in [0.05, 0.1) is 18.0 Å². The van der Waals surface area contributed by atoms with Crippen molar-refractivity contribution >= 4 is 23.4 Å². The summed E-state index contributed by atoms with van der Waals surface area (Å²) in [6.07, 6.45) is -0.534. The predicted octanol–water partition coefficient (Wildman–Crippen LogP) is 3.86. The number of hydrogen-bond acceptors (Lipinski definition) is 3. The minimum atomic E-state index is -0.534. The largest absolute Gasteiger partial charge is 0.450 e. The zero-order valence-corrected chi connectivity index (χ0v) is 13.6. The number of carbonyl (C=O) groups is 2. The standard InChI is InChI=1S/C16H24N2O3/c1-7-21-15(20)17-12-9-10(2)8-11(3)13(12)18-14(19)16(4,5)6/h8-9H,7H2,1-6H3,(H,17,20)(H,18,19). The third-order valence-corrected chi connectivity index (χ3v) is 2.91.